The first kappa shape index (κ1) is 14.7. The van der Waals surface area contributed by atoms with Crippen LogP contribution in [0.1, 0.15) is 15.9 Å². The highest BCUT2D eigenvalue weighted by Crippen LogP contribution is 2.27. The van der Waals surface area contributed by atoms with Gasteiger partial charge in [0.05, 0.1) is 11.6 Å². The SMILES string of the molecule is [B]C(=O)c1ccc(OCc2ccc(OC)cc2)c(Br)c1. The van der Waals surface area contributed by atoms with Gasteiger partial charge in [-0.25, -0.2) is 0 Å². The molecule has 2 radical (unpaired) electrons. The average molecular weight is 331 g/mol. The quantitative estimate of drug-likeness (QED) is 0.789. The van der Waals surface area contributed by atoms with Crippen LogP contribution in [0, 0.1) is 0 Å². The van der Waals surface area contributed by atoms with Crippen molar-refractivity contribution in [2.75, 3.05) is 7.11 Å². The molecule has 0 spiro atoms. The van der Waals surface area contributed by atoms with Gasteiger partial charge in [0, 0.05) is 5.56 Å². The normalized spacial score (nSPS) is 10.1. The third kappa shape index (κ3) is 3.64. The van der Waals surface area contributed by atoms with Crippen LogP contribution in [0.3, 0.4) is 0 Å². The van der Waals surface area contributed by atoms with Gasteiger partial charge in [-0.05, 0) is 51.8 Å². The molecule has 0 N–H and O–H groups in total. The van der Waals surface area contributed by atoms with E-state index in [1.165, 1.54) is 0 Å². The van der Waals surface area contributed by atoms with Gasteiger partial charge in [0.2, 0.25) is 0 Å². The Kier molecular flexibility index (Phi) is 4.85. The second-order valence-corrected chi connectivity index (χ2v) is 5.00. The zero-order valence-corrected chi connectivity index (χ0v) is 12.5. The topological polar surface area (TPSA) is 35.5 Å². The molecule has 0 saturated heterocycles. The van der Waals surface area contributed by atoms with Gasteiger partial charge in [-0.3, -0.25) is 0 Å². The van der Waals surface area contributed by atoms with Crippen LogP contribution >= 0.6 is 15.9 Å². The minimum absolute atomic E-state index is 0.429. The van der Waals surface area contributed by atoms with Crippen LogP contribution in [0.15, 0.2) is 46.9 Å². The summed E-state index contributed by atoms with van der Waals surface area (Å²) in [6.45, 7) is 0.429. The predicted molar refractivity (Wildman–Crippen MR) is 81.6 cm³/mol. The molecule has 2 aromatic carbocycles. The molecule has 0 aliphatic carbocycles. The lowest BCUT2D eigenvalue weighted by Crippen LogP contribution is -2.00. The maximum Gasteiger partial charge on any atom is 0.175 e. The second-order valence-electron chi connectivity index (χ2n) is 4.15. The highest BCUT2D eigenvalue weighted by molar-refractivity contribution is 9.10. The molecule has 0 aromatic heterocycles. The van der Waals surface area contributed by atoms with Gasteiger partial charge in [0.1, 0.15) is 23.8 Å². The standard InChI is InChI=1S/C15H12BBrO3/c1-19-12-5-2-10(3-6-12)9-20-14-7-4-11(15(16)18)8-13(14)17/h2-8H,9H2,1H3. The van der Waals surface area contributed by atoms with Crippen molar-refractivity contribution in [3.8, 4) is 11.5 Å². The number of ether oxygens (including phenoxy) is 2. The first-order valence-electron chi connectivity index (χ1n) is 5.95. The minimum atomic E-state index is -0.465. The predicted octanol–water partition coefficient (Wildman–Crippen LogP) is 3.35. The van der Waals surface area contributed by atoms with Crippen molar-refractivity contribution in [1.29, 1.82) is 0 Å². The van der Waals surface area contributed by atoms with Crippen LogP contribution < -0.4 is 9.47 Å². The van der Waals surface area contributed by atoms with E-state index in [1.807, 2.05) is 24.3 Å². The van der Waals surface area contributed by atoms with E-state index in [1.54, 1.807) is 25.3 Å². The number of carbonyl (C=O) groups excluding carboxylic acids is 1. The van der Waals surface area contributed by atoms with E-state index in [-0.39, 0.29) is 0 Å². The van der Waals surface area contributed by atoms with Gasteiger partial charge >= 0.3 is 0 Å². The van der Waals surface area contributed by atoms with Crippen molar-refractivity contribution >= 4 is 29.5 Å². The van der Waals surface area contributed by atoms with Crippen LogP contribution in [0.4, 0.5) is 0 Å². The molecule has 100 valence electrons. The molecule has 0 fully saturated rings. The highest BCUT2D eigenvalue weighted by atomic mass is 79.9. The Morgan fingerprint density at radius 3 is 2.45 bits per heavy atom. The van der Waals surface area contributed by atoms with E-state index < -0.39 is 5.68 Å². The number of hydrogen-bond donors (Lipinski definition) is 0. The highest BCUT2D eigenvalue weighted by Gasteiger charge is 2.05. The molecular formula is C15H12BBrO3. The number of rotatable bonds is 5. The van der Waals surface area contributed by atoms with Gasteiger partial charge in [-0.2, -0.15) is 0 Å². The molecule has 0 aliphatic rings. The summed E-state index contributed by atoms with van der Waals surface area (Å²) in [5.41, 5.74) is 0.998. The molecule has 3 nitrogen and oxygen atoms in total. The summed E-state index contributed by atoms with van der Waals surface area (Å²) in [7, 11) is 6.84. The number of carbonyl (C=O) groups is 1. The summed E-state index contributed by atoms with van der Waals surface area (Å²) in [5.74, 6) is 1.46. The van der Waals surface area contributed by atoms with Crippen molar-refractivity contribution in [1.82, 2.24) is 0 Å². The summed E-state index contributed by atoms with van der Waals surface area (Å²) >= 11 is 3.36. The van der Waals surface area contributed by atoms with Crippen molar-refractivity contribution in [3.05, 3.63) is 58.1 Å². The summed E-state index contributed by atoms with van der Waals surface area (Å²) in [6.07, 6.45) is 0. The Morgan fingerprint density at radius 2 is 1.90 bits per heavy atom. The minimum Gasteiger partial charge on any atom is -0.497 e. The van der Waals surface area contributed by atoms with E-state index in [9.17, 15) is 4.79 Å². The van der Waals surface area contributed by atoms with Crippen molar-refractivity contribution in [2.45, 2.75) is 6.61 Å². The summed E-state index contributed by atoms with van der Waals surface area (Å²) < 4.78 is 11.5. The maximum atomic E-state index is 11.1. The second kappa shape index (κ2) is 6.61. The fourth-order valence-electron chi connectivity index (χ4n) is 1.65. The third-order valence-corrected chi connectivity index (χ3v) is 3.39. The molecule has 2 aromatic rings. The van der Waals surface area contributed by atoms with Gasteiger partial charge in [-0.15, -0.1) is 0 Å². The van der Waals surface area contributed by atoms with E-state index in [0.29, 0.717) is 22.4 Å². The van der Waals surface area contributed by atoms with E-state index >= 15 is 0 Å². The lowest BCUT2D eigenvalue weighted by atomic mass is 9.95. The molecule has 0 atom stereocenters. The van der Waals surface area contributed by atoms with Crippen LogP contribution in [0.25, 0.3) is 0 Å². The third-order valence-electron chi connectivity index (χ3n) is 2.77. The molecule has 20 heavy (non-hydrogen) atoms. The van der Waals surface area contributed by atoms with E-state index in [2.05, 4.69) is 15.9 Å². The fraction of sp³-hybridized carbons (Fsp3) is 0.133. The number of methoxy groups -OCH3 is 1. The van der Waals surface area contributed by atoms with Gasteiger partial charge in [-0.1, -0.05) is 12.1 Å². The molecular weight excluding hydrogens is 319 g/mol. The monoisotopic (exact) mass is 330 g/mol. The van der Waals surface area contributed by atoms with Crippen molar-refractivity contribution in [2.24, 2.45) is 0 Å². The maximum absolute atomic E-state index is 11.1. The first-order chi connectivity index (χ1) is 9.60. The molecule has 0 heterocycles. The fourth-order valence-corrected chi connectivity index (χ4v) is 2.15. The van der Waals surface area contributed by atoms with Crippen LogP contribution in [0.5, 0.6) is 11.5 Å². The van der Waals surface area contributed by atoms with Crippen LogP contribution in [-0.4, -0.2) is 20.6 Å². The lowest BCUT2D eigenvalue weighted by Gasteiger charge is -2.09. The average Bonchev–Trinajstić information content (AvgIpc) is 2.46. The molecule has 0 unspecified atom stereocenters. The van der Waals surface area contributed by atoms with Crippen LogP contribution in [-0.2, 0) is 6.61 Å². The summed E-state index contributed by atoms with van der Waals surface area (Å²) in [6, 6.07) is 12.6. The van der Waals surface area contributed by atoms with E-state index in [4.69, 9.17) is 17.3 Å². The molecule has 0 aliphatic heterocycles. The molecule has 2 rings (SSSR count). The Hall–Kier alpha value is -1.75. The molecule has 5 heteroatoms. The lowest BCUT2D eigenvalue weighted by molar-refractivity contribution is 0.108. The molecule has 0 amide bonds. The number of benzene rings is 2. The Labute approximate surface area is 127 Å². The van der Waals surface area contributed by atoms with Gasteiger partial charge < -0.3 is 14.3 Å². The van der Waals surface area contributed by atoms with Crippen molar-refractivity contribution in [3.63, 3.8) is 0 Å². The largest absolute Gasteiger partial charge is 0.497 e. The Morgan fingerprint density at radius 1 is 1.20 bits per heavy atom. The first-order valence-corrected chi connectivity index (χ1v) is 6.74. The zero-order valence-electron chi connectivity index (χ0n) is 10.9. The molecule has 0 bridgehead atoms. The Bertz CT molecular complexity index is 611. The smallest absolute Gasteiger partial charge is 0.175 e. The van der Waals surface area contributed by atoms with Gasteiger partial charge in [0.15, 0.2) is 7.85 Å². The number of hydrogen-bond acceptors (Lipinski definition) is 3. The van der Waals surface area contributed by atoms with E-state index in [0.717, 1.165) is 11.3 Å². The zero-order chi connectivity index (χ0) is 14.5. The molecule has 0 saturated carbocycles. The summed E-state index contributed by atoms with van der Waals surface area (Å²) in [4.78, 5) is 11.1. The Balaban J connectivity index is 2.04. The summed E-state index contributed by atoms with van der Waals surface area (Å²) in [5, 5.41) is 0. The number of halogens is 1. The van der Waals surface area contributed by atoms with Crippen LogP contribution in [0.2, 0.25) is 0 Å². The van der Waals surface area contributed by atoms with Crippen molar-refractivity contribution < 1.29 is 14.3 Å². The van der Waals surface area contributed by atoms with Gasteiger partial charge in [0.25, 0.3) is 0 Å².